The second kappa shape index (κ2) is 5.86. The van der Waals surface area contributed by atoms with Crippen LogP contribution in [0.4, 0.5) is 0 Å². The molecule has 5 heteroatoms. The molecule has 0 N–H and O–H groups in total. The molecule has 0 saturated carbocycles. The molecule has 0 aromatic heterocycles. The Morgan fingerprint density at radius 1 is 1.38 bits per heavy atom. The summed E-state index contributed by atoms with van der Waals surface area (Å²) in [5.74, 6) is 0.416. The van der Waals surface area contributed by atoms with Crippen LogP contribution in [0.2, 0.25) is 0 Å². The van der Waals surface area contributed by atoms with Gasteiger partial charge in [-0.25, -0.2) is 5.06 Å². The van der Waals surface area contributed by atoms with Gasteiger partial charge in [-0.15, -0.1) is 0 Å². The SMILES string of the molecule is CON(C)C(=O)[C@H](C)Oc1ccc(Br)cc1. The lowest BCUT2D eigenvalue weighted by Crippen LogP contribution is -2.37. The third kappa shape index (κ3) is 3.50. The topological polar surface area (TPSA) is 38.8 Å². The summed E-state index contributed by atoms with van der Waals surface area (Å²) in [7, 11) is 2.98. The summed E-state index contributed by atoms with van der Waals surface area (Å²) in [5.41, 5.74) is 0. The molecule has 0 bridgehead atoms. The van der Waals surface area contributed by atoms with E-state index >= 15 is 0 Å². The first kappa shape index (κ1) is 13.0. The Labute approximate surface area is 103 Å². The average Bonchev–Trinajstić information content (AvgIpc) is 2.30. The van der Waals surface area contributed by atoms with Crippen molar-refractivity contribution in [1.29, 1.82) is 0 Å². The molecule has 0 aliphatic rings. The van der Waals surface area contributed by atoms with Crippen LogP contribution in [-0.4, -0.2) is 31.2 Å². The fourth-order valence-electron chi connectivity index (χ4n) is 1.11. The number of hydrogen-bond donors (Lipinski definition) is 0. The molecule has 0 aliphatic heterocycles. The first-order valence-electron chi connectivity index (χ1n) is 4.78. The molecule has 1 atom stereocenters. The Balaban J connectivity index is 2.60. The number of carbonyl (C=O) groups is 1. The van der Waals surface area contributed by atoms with Crippen LogP contribution in [0.5, 0.6) is 5.75 Å². The summed E-state index contributed by atoms with van der Waals surface area (Å²) >= 11 is 3.32. The number of ether oxygens (including phenoxy) is 1. The molecule has 0 fully saturated rings. The average molecular weight is 288 g/mol. The van der Waals surface area contributed by atoms with Crippen molar-refractivity contribution in [3.8, 4) is 5.75 Å². The normalized spacial score (nSPS) is 12.0. The third-order valence-corrected chi connectivity index (χ3v) is 2.59. The molecule has 4 nitrogen and oxygen atoms in total. The molecule has 0 aliphatic carbocycles. The van der Waals surface area contributed by atoms with Gasteiger partial charge in [0.25, 0.3) is 5.91 Å². The lowest BCUT2D eigenvalue weighted by molar-refractivity contribution is -0.175. The first-order valence-corrected chi connectivity index (χ1v) is 5.57. The van der Waals surface area contributed by atoms with Crippen molar-refractivity contribution in [3.63, 3.8) is 0 Å². The molecule has 0 unspecified atom stereocenters. The summed E-state index contributed by atoms with van der Waals surface area (Å²) in [5, 5.41) is 1.14. The first-order chi connectivity index (χ1) is 7.54. The number of carbonyl (C=O) groups excluding carboxylic acids is 1. The highest BCUT2D eigenvalue weighted by Gasteiger charge is 2.18. The maximum atomic E-state index is 11.6. The highest BCUT2D eigenvalue weighted by Crippen LogP contribution is 2.17. The van der Waals surface area contributed by atoms with Crippen LogP contribution in [-0.2, 0) is 9.63 Å². The fourth-order valence-corrected chi connectivity index (χ4v) is 1.38. The molecule has 0 spiro atoms. The van der Waals surface area contributed by atoms with E-state index in [1.165, 1.54) is 7.11 Å². The van der Waals surface area contributed by atoms with E-state index in [1.807, 2.05) is 12.1 Å². The summed E-state index contributed by atoms with van der Waals surface area (Å²) in [4.78, 5) is 16.4. The second-order valence-electron chi connectivity index (χ2n) is 3.23. The largest absolute Gasteiger partial charge is 0.481 e. The lowest BCUT2D eigenvalue weighted by Gasteiger charge is -2.19. The van der Waals surface area contributed by atoms with Gasteiger partial charge in [-0.1, -0.05) is 15.9 Å². The Morgan fingerprint density at radius 3 is 2.44 bits per heavy atom. The van der Waals surface area contributed by atoms with Gasteiger partial charge in [0.05, 0.1) is 7.11 Å². The molecule has 0 heterocycles. The van der Waals surface area contributed by atoms with Crippen molar-refractivity contribution in [2.24, 2.45) is 0 Å². The molecule has 88 valence electrons. The van der Waals surface area contributed by atoms with Gasteiger partial charge in [0, 0.05) is 11.5 Å². The quantitative estimate of drug-likeness (QED) is 0.798. The minimum atomic E-state index is -0.578. The molecule has 1 rings (SSSR count). The smallest absolute Gasteiger partial charge is 0.286 e. The van der Waals surface area contributed by atoms with Gasteiger partial charge in [-0.05, 0) is 31.2 Å². The second-order valence-corrected chi connectivity index (χ2v) is 4.15. The van der Waals surface area contributed by atoms with Crippen LogP contribution < -0.4 is 4.74 Å². The maximum Gasteiger partial charge on any atom is 0.286 e. The monoisotopic (exact) mass is 287 g/mol. The van der Waals surface area contributed by atoms with E-state index in [0.29, 0.717) is 5.75 Å². The number of hydrogen-bond acceptors (Lipinski definition) is 3. The number of rotatable bonds is 4. The Bertz CT molecular complexity index is 353. The summed E-state index contributed by atoms with van der Waals surface area (Å²) in [6.45, 7) is 1.68. The molecule has 16 heavy (non-hydrogen) atoms. The third-order valence-electron chi connectivity index (χ3n) is 2.06. The van der Waals surface area contributed by atoms with Crippen molar-refractivity contribution >= 4 is 21.8 Å². The van der Waals surface area contributed by atoms with Crippen LogP contribution in [0.15, 0.2) is 28.7 Å². The van der Waals surface area contributed by atoms with Crippen molar-refractivity contribution in [2.45, 2.75) is 13.0 Å². The number of likely N-dealkylation sites (N-methyl/N-ethyl adjacent to an activating group) is 1. The van der Waals surface area contributed by atoms with Crippen molar-refractivity contribution in [1.82, 2.24) is 5.06 Å². The maximum absolute atomic E-state index is 11.6. The van der Waals surface area contributed by atoms with Crippen molar-refractivity contribution < 1.29 is 14.4 Å². The number of amides is 1. The Hall–Kier alpha value is -1.07. The molecule has 1 amide bonds. The van der Waals surface area contributed by atoms with Crippen LogP contribution in [0.1, 0.15) is 6.92 Å². The predicted octanol–water partition coefficient (Wildman–Crippen LogP) is 2.24. The van der Waals surface area contributed by atoms with E-state index < -0.39 is 6.10 Å². The Morgan fingerprint density at radius 2 is 1.94 bits per heavy atom. The molecular formula is C11H14BrNO3. The highest BCUT2D eigenvalue weighted by molar-refractivity contribution is 9.10. The van der Waals surface area contributed by atoms with Gasteiger partial charge in [0.2, 0.25) is 0 Å². The van der Waals surface area contributed by atoms with Crippen LogP contribution >= 0.6 is 15.9 Å². The van der Waals surface area contributed by atoms with Gasteiger partial charge in [-0.2, -0.15) is 0 Å². The van der Waals surface area contributed by atoms with Crippen LogP contribution in [0.25, 0.3) is 0 Å². The molecular weight excluding hydrogens is 274 g/mol. The van der Waals surface area contributed by atoms with E-state index in [9.17, 15) is 4.79 Å². The Kier molecular flexibility index (Phi) is 4.76. The van der Waals surface area contributed by atoms with E-state index in [0.717, 1.165) is 9.54 Å². The zero-order chi connectivity index (χ0) is 12.1. The van der Waals surface area contributed by atoms with Crippen LogP contribution in [0.3, 0.4) is 0 Å². The van der Waals surface area contributed by atoms with Gasteiger partial charge in [0.15, 0.2) is 6.10 Å². The van der Waals surface area contributed by atoms with Crippen molar-refractivity contribution in [2.75, 3.05) is 14.2 Å². The van der Waals surface area contributed by atoms with Gasteiger partial charge in [-0.3, -0.25) is 9.63 Å². The van der Waals surface area contributed by atoms with Gasteiger partial charge < -0.3 is 4.74 Å². The fraction of sp³-hybridized carbons (Fsp3) is 0.364. The van der Waals surface area contributed by atoms with E-state index in [1.54, 1.807) is 26.1 Å². The molecule has 0 saturated heterocycles. The summed E-state index contributed by atoms with van der Waals surface area (Å²) in [6.07, 6.45) is -0.578. The van der Waals surface area contributed by atoms with E-state index in [-0.39, 0.29) is 5.91 Å². The number of hydroxylamine groups is 2. The predicted molar refractivity (Wildman–Crippen MR) is 64.0 cm³/mol. The number of nitrogens with zero attached hydrogens (tertiary/aromatic N) is 1. The zero-order valence-corrected chi connectivity index (χ0v) is 11.0. The number of benzene rings is 1. The minimum absolute atomic E-state index is 0.231. The molecule has 0 radical (unpaired) electrons. The summed E-state index contributed by atoms with van der Waals surface area (Å²) in [6, 6.07) is 7.29. The zero-order valence-electron chi connectivity index (χ0n) is 9.44. The van der Waals surface area contributed by atoms with Gasteiger partial charge >= 0.3 is 0 Å². The lowest BCUT2D eigenvalue weighted by atomic mass is 10.3. The van der Waals surface area contributed by atoms with Crippen molar-refractivity contribution in [3.05, 3.63) is 28.7 Å². The molecule has 1 aromatic carbocycles. The molecule has 1 aromatic rings. The summed E-state index contributed by atoms with van der Waals surface area (Å²) < 4.78 is 6.43. The standard InChI is InChI=1S/C11H14BrNO3/c1-8(11(14)13(2)15-3)16-10-6-4-9(12)5-7-10/h4-8H,1-3H3/t8-/m0/s1. The van der Waals surface area contributed by atoms with Gasteiger partial charge in [0.1, 0.15) is 5.75 Å². The van der Waals surface area contributed by atoms with E-state index in [4.69, 9.17) is 9.57 Å². The highest BCUT2D eigenvalue weighted by atomic mass is 79.9. The minimum Gasteiger partial charge on any atom is -0.481 e. The van der Waals surface area contributed by atoms with Crippen LogP contribution in [0, 0.1) is 0 Å². The van der Waals surface area contributed by atoms with E-state index in [2.05, 4.69) is 15.9 Å². The number of halogens is 1.